The number of non-ortho nitro benzene ring substituents is 1. The third-order valence-electron chi connectivity index (χ3n) is 4.27. The van der Waals surface area contributed by atoms with Crippen molar-refractivity contribution in [1.82, 2.24) is 10.2 Å². The van der Waals surface area contributed by atoms with Crippen molar-refractivity contribution in [2.24, 2.45) is 0 Å². The molecule has 1 aliphatic heterocycles. The molecule has 1 amide bonds. The molecule has 28 heavy (non-hydrogen) atoms. The molecule has 2 heterocycles. The van der Waals surface area contributed by atoms with Crippen LogP contribution in [0.3, 0.4) is 0 Å². The summed E-state index contributed by atoms with van der Waals surface area (Å²) in [4.78, 5) is 25.8. The van der Waals surface area contributed by atoms with Gasteiger partial charge in [0, 0.05) is 36.6 Å². The molecular weight excluding hydrogens is 406 g/mol. The summed E-state index contributed by atoms with van der Waals surface area (Å²) in [7, 11) is 0. The van der Waals surface area contributed by atoms with Gasteiger partial charge in [0.25, 0.3) is 11.6 Å². The second-order valence-electron chi connectivity index (χ2n) is 6.02. The second kappa shape index (κ2) is 11.0. The summed E-state index contributed by atoms with van der Waals surface area (Å²) in [5.74, 6) is 0.182. The van der Waals surface area contributed by atoms with Crippen LogP contribution < -0.4 is 10.1 Å². The van der Waals surface area contributed by atoms with Gasteiger partial charge in [0.05, 0.1) is 24.2 Å². The number of carbonyl (C=O) groups excluding carboxylic acids is 1. The maximum atomic E-state index is 12.2. The van der Waals surface area contributed by atoms with Crippen LogP contribution in [0.2, 0.25) is 0 Å². The molecule has 152 valence electrons. The lowest BCUT2D eigenvalue weighted by Gasteiger charge is -2.34. The maximum Gasteiger partial charge on any atom is 0.269 e. The molecule has 0 spiro atoms. The number of nitro benzene ring substituents is 1. The molecule has 3 rings (SSSR count). The predicted octanol–water partition coefficient (Wildman–Crippen LogP) is 2.65. The van der Waals surface area contributed by atoms with Crippen LogP contribution in [0.25, 0.3) is 0 Å². The van der Waals surface area contributed by atoms with Gasteiger partial charge >= 0.3 is 0 Å². The Balaban J connectivity index is 0.00000280. The smallest absolute Gasteiger partial charge is 0.269 e. The quantitative estimate of drug-likeness (QED) is 0.514. The summed E-state index contributed by atoms with van der Waals surface area (Å²) in [6, 6.07) is 9.84. The molecule has 1 aromatic carbocycles. The zero-order valence-corrected chi connectivity index (χ0v) is 16.7. The number of rotatable bonds is 8. The van der Waals surface area contributed by atoms with Crippen molar-refractivity contribution in [3.8, 4) is 5.75 Å². The van der Waals surface area contributed by atoms with E-state index < -0.39 is 4.92 Å². The van der Waals surface area contributed by atoms with Gasteiger partial charge in [-0.05, 0) is 23.6 Å². The average molecular weight is 428 g/mol. The molecule has 1 unspecified atom stereocenters. The molecule has 1 aromatic heterocycles. The highest BCUT2D eigenvalue weighted by molar-refractivity contribution is 7.10. The molecular formula is C18H22ClN3O5S. The van der Waals surface area contributed by atoms with E-state index in [-0.39, 0.29) is 36.7 Å². The van der Waals surface area contributed by atoms with E-state index in [9.17, 15) is 14.9 Å². The zero-order chi connectivity index (χ0) is 19.1. The number of thiophene rings is 1. The van der Waals surface area contributed by atoms with Crippen LogP contribution in [0.4, 0.5) is 5.69 Å². The number of hydrogen-bond donors (Lipinski definition) is 1. The van der Waals surface area contributed by atoms with E-state index in [4.69, 9.17) is 9.47 Å². The summed E-state index contributed by atoms with van der Waals surface area (Å²) in [6.07, 6.45) is 0. The molecule has 2 aromatic rings. The summed E-state index contributed by atoms with van der Waals surface area (Å²) >= 11 is 1.67. The van der Waals surface area contributed by atoms with E-state index in [2.05, 4.69) is 16.3 Å². The second-order valence-corrected chi connectivity index (χ2v) is 7.00. The number of ether oxygens (including phenoxy) is 2. The van der Waals surface area contributed by atoms with Crippen molar-refractivity contribution < 1.29 is 19.2 Å². The fraction of sp³-hybridized carbons (Fsp3) is 0.389. The highest BCUT2D eigenvalue weighted by Gasteiger charge is 2.24. The fourth-order valence-electron chi connectivity index (χ4n) is 2.85. The number of halogens is 1. The van der Waals surface area contributed by atoms with Crippen LogP contribution >= 0.6 is 23.7 Å². The van der Waals surface area contributed by atoms with Gasteiger partial charge in [-0.25, -0.2) is 0 Å². The van der Waals surface area contributed by atoms with Crippen molar-refractivity contribution in [2.45, 2.75) is 6.04 Å². The lowest BCUT2D eigenvalue weighted by molar-refractivity contribution is -0.384. The van der Waals surface area contributed by atoms with Gasteiger partial charge in [-0.1, -0.05) is 6.07 Å². The highest BCUT2D eigenvalue weighted by Crippen LogP contribution is 2.25. The van der Waals surface area contributed by atoms with Crippen LogP contribution in [0.5, 0.6) is 5.75 Å². The third-order valence-corrected chi connectivity index (χ3v) is 5.24. The van der Waals surface area contributed by atoms with Crippen LogP contribution in [0.15, 0.2) is 41.8 Å². The first-order valence-electron chi connectivity index (χ1n) is 8.62. The Labute approximate surface area is 173 Å². The number of carbonyl (C=O) groups is 1. The first kappa shape index (κ1) is 22.1. The minimum absolute atomic E-state index is 0. The Morgan fingerprint density at radius 3 is 2.61 bits per heavy atom. The van der Waals surface area contributed by atoms with E-state index in [1.54, 1.807) is 11.3 Å². The first-order chi connectivity index (χ1) is 13.1. The highest BCUT2D eigenvalue weighted by atomic mass is 35.5. The van der Waals surface area contributed by atoms with Gasteiger partial charge in [0.1, 0.15) is 5.75 Å². The molecule has 10 heteroatoms. The van der Waals surface area contributed by atoms with Crippen molar-refractivity contribution >= 4 is 35.3 Å². The Morgan fingerprint density at radius 2 is 2.00 bits per heavy atom. The molecule has 0 bridgehead atoms. The van der Waals surface area contributed by atoms with Crippen LogP contribution in [-0.4, -0.2) is 55.2 Å². The molecule has 8 nitrogen and oxygen atoms in total. The number of hydrogen-bond acceptors (Lipinski definition) is 7. The lowest BCUT2D eigenvalue weighted by Crippen LogP contribution is -2.44. The third kappa shape index (κ3) is 6.16. The standard InChI is InChI=1S/C18H21N3O5S.ClH/c22-18(13-26-15-5-3-14(4-6-15)21(23)24)19-12-16(17-2-1-11-27-17)20-7-9-25-10-8-20;/h1-6,11,16H,7-10,12-13H2,(H,19,22);1H. The number of benzene rings is 1. The van der Waals surface area contributed by atoms with Crippen LogP contribution in [-0.2, 0) is 9.53 Å². The monoisotopic (exact) mass is 427 g/mol. The summed E-state index contributed by atoms with van der Waals surface area (Å²) in [6.45, 7) is 3.40. The van der Waals surface area contributed by atoms with E-state index in [1.807, 2.05) is 11.4 Å². The molecule has 0 radical (unpaired) electrons. The number of nitrogens with one attached hydrogen (secondary N) is 1. The van der Waals surface area contributed by atoms with E-state index in [0.29, 0.717) is 25.5 Å². The Hall–Kier alpha value is -2.20. The zero-order valence-electron chi connectivity index (χ0n) is 15.1. The van der Waals surface area contributed by atoms with E-state index in [0.717, 1.165) is 13.1 Å². The van der Waals surface area contributed by atoms with Crippen molar-refractivity contribution in [3.63, 3.8) is 0 Å². The van der Waals surface area contributed by atoms with Gasteiger partial charge < -0.3 is 14.8 Å². The number of nitrogens with zero attached hydrogens (tertiary/aromatic N) is 2. The normalized spacial score (nSPS) is 15.3. The largest absolute Gasteiger partial charge is 0.484 e. The van der Waals surface area contributed by atoms with Gasteiger partial charge in [-0.2, -0.15) is 0 Å². The predicted molar refractivity (Wildman–Crippen MR) is 108 cm³/mol. The van der Waals surface area contributed by atoms with Gasteiger partial charge in [0.15, 0.2) is 6.61 Å². The summed E-state index contributed by atoms with van der Waals surface area (Å²) in [5, 5.41) is 15.6. The number of morpholine rings is 1. The Morgan fingerprint density at radius 1 is 1.29 bits per heavy atom. The van der Waals surface area contributed by atoms with Crippen molar-refractivity contribution in [1.29, 1.82) is 0 Å². The summed E-state index contributed by atoms with van der Waals surface area (Å²) < 4.78 is 10.8. The molecule has 0 saturated carbocycles. The Kier molecular flexibility index (Phi) is 8.65. The minimum Gasteiger partial charge on any atom is -0.484 e. The first-order valence-corrected chi connectivity index (χ1v) is 9.50. The lowest BCUT2D eigenvalue weighted by atomic mass is 10.2. The summed E-state index contributed by atoms with van der Waals surface area (Å²) in [5.41, 5.74) is -0.0175. The molecule has 0 aliphatic carbocycles. The fourth-order valence-corrected chi connectivity index (χ4v) is 3.72. The Bertz CT molecular complexity index is 751. The molecule has 1 atom stereocenters. The van der Waals surface area contributed by atoms with E-state index >= 15 is 0 Å². The molecule has 1 N–H and O–H groups in total. The van der Waals surface area contributed by atoms with Gasteiger partial charge in [-0.3, -0.25) is 19.8 Å². The molecule has 1 saturated heterocycles. The average Bonchev–Trinajstić information content (AvgIpc) is 3.22. The molecule has 1 aliphatic rings. The van der Waals surface area contributed by atoms with Gasteiger partial charge in [-0.15, -0.1) is 23.7 Å². The molecule has 1 fully saturated rings. The maximum absolute atomic E-state index is 12.2. The van der Waals surface area contributed by atoms with E-state index in [1.165, 1.54) is 29.1 Å². The van der Waals surface area contributed by atoms with Gasteiger partial charge in [0.2, 0.25) is 0 Å². The minimum atomic E-state index is -0.479. The van der Waals surface area contributed by atoms with Crippen molar-refractivity contribution in [2.75, 3.05) is 39.5 Å². The van der Waals surface area contributed by atoms with Crippen LogP contribution in [0, 0.1) is 10.1 Å². The van der Waals surface area contributed by atoms with Crippen molar-refractivity contribution in [3.05, 3.63) is 56.8 Å². The number of amides is 1. The topological polar surface area (TPSA) is 93.9 Å². The van der Waals surface area contributed by atoms with Crippen LogP contribution in [0.1, 0.15) is 10.9 Å². The number of nitro groups is 1. The SMILES string of the molecule is Cl.O=C(COc1ccc([N+](=O)[O-])cc1)NCC(c1cccs1)N1CCOCC1.